The summed E-state index contributed by atoms with van der Waals surface area (Å²) in [6.45, 7) is 8.66. The van der Waals surface area contributed by atoms with E-state index in [0.717, 1.165) is 11.4 Å². The van der Waals surface area contributed by atoms with Crippen molar-refractivity contribution in [3.8, 4) is 0 Å². The SMILES string of the molecule is CC(C)(C=CC(C)(C)Nc1ccccc1)C=Nc1ccccc1. The highest BCUT2D eigenvalue weighted by Crippen LogP contribution is 2.21. The van der Waals surface area contributed by atoms with E-state index >= 15 is 0 Å². The van der Waals surface area contributed by atoms with Gasteiger partial charge < -0.3 is 5.32 Å². The molecule has 0 aliphatic rings. The normalized spacial score (nSPS) is 12.9. The van der Waals surface area contributed by atoms with Crippen LogP contribution in [0, 0.1) is 5.41 Å². The predicted octanol–water partition coefficient (Wildman–Crippen LogP) is 5.86. The van der Waals surface area contributed by atoms with Gasteiger partial charge in [0.25, 0.3) is 0 Å². The van der Waals surface area contributed by atoms with Gasteiger partial charge in [0.05, 0.1) is 5.69 Å². The van der Waals surface area contributed by atoms with Crippen LogP contribution in [0.15, 0.2) is 77.8 Å². The fourth-order valence-corrected chi connectivity index (χ4v) is 2.16. The number of aliphatic imine (C=N–C) groups is 1. The second kappa shape index (κ2) is 7.28. The number of nitrogens with one attached hydrogen (secondary N) is 1. The topological polar surface area (TPSA) is 24.4 Å². The van der Waals surface area contributed by atoms with Crippen molar-refractivity contribution in [3.63, 3.8) is 0 Å². The largest absolute Gasteiger partial charge is 0.377 e. The smallest absolute Gasteiger partial charge is 0.0626 e. The Morgan fingerprint density at radius 3 is 1.96 bits per heavy atom. The molecule has 23 heavy (non-hydrogen) atoms. The van der Waals surface area contributed by atoms with Crippen LogP contribution in [0.3, 0.4) is 0 Å². The van der Waals surface area contributed by atoms with Gasteiger partial charge >= 0.3 is 0 Å². The number of para-hydroxylation sites is 2. The molecule has 0 fully saturated rings. The van der Waals surface area contributed by atoms with Gasteiger partial charge in [0, 0.05) is 22.9 Å². The van der Waals surface area contributed by atoms with E-state index in [-0.39, 0.29) is 11.0 Å². The van der Waals surface area contributed by atoms with E-state index in [9.17, 15) is 0 Å². The Hall–Kier alpha value is -2.35. The molecule has 0 aromatic heterocycles. The lowest BCUT2D eigenvalue weighted by Gasteiger charge is -2.25. The lowest BCUT2D eigenvalue weighted by atomic mass is 9.91. The molecule has 0 heterocycles. The number of anilines is 1. The first-order valence-corrected chi connectivity index (χ1v) is 8.00. The van der Waals surface area contributed by atoms with E-state index in [0.29, 0.717) is 0 Å². The highest BCUT2D eigenvalue weighted by molar-refractivity contribution is 5.71. The fraction of sp³-hybridized carbons (Fsp3) is 0.286. The van der Waals surface area contributed by atoms with Crippen molar-refractivity contribution in [2.24, 2.45) is 10.4 Å². The third-order valence-corrected chi connectivity index (χ3v) is 3.47. The van der Waals surface area contributed by atoms with E-state index in [1.807, 2.05) is 54.7 Å². The highest BCUT2D eigenvalue weighted by atomic mass is 15.0. The molecule has 0 spiro atoms. The first-order valence-electron chi connectivity index (χ1n) is 8.00. The van der Waals surface area contributed by atoms with Gasteiger partial charge in [-0.25, -0.2) is 0 Å². The van der Waals surface area contributed by atoms with Crippen LogP contribution < -0.4 is 5.32 Å². The predicted molar refractivity (Wildman–Crippen MR) is 102 cm³/mol. The van der Waals surface area contributed by atoms with Gasteiger partial charge in [0.15, 0.2) is 0 Å². The molecule has 0 unspecified atom stereocenters. The van der Waals surface area contributed by atoms with Crippen molar-refractivity contribution in [3.05, 3.63) is 72.8 Å². The number of benzene rings is 2. The first kappa shape index (κ1) is 17.0. The number of allylic oxidation sites excluding steroid dienone is 1. The van der Waals surface area contributed by atoms with Crippen LogP contribution in [0.1, 0.15) is 27.7 Å². The van der Waals surface area contributed by atoms with Crippen molar-refractivity contribution < 1.29 is 0 Å². The van der Waals surface area contributed by atoms with Gasteiger partial charge in [-0.3, -0.25) is 4.99 Å². The van der Waals surface area contributed by atoms with Crippen molar-refractivity contribution in [2.45, 2.75) is 33.2 Å². The van der Waals surface area contributed by atoms with E-state index in [1.165, 1.54) is 0 Å². The van der Waals surface area contributed by atoms with Gasteiger partial charge in [-0.1, -0.05) is 62.4 Å². The van der Waals surface area contributed by atoms with Crippen LogP contribution >= 0.6 is 0 Å². The summed E-state index contributed by atoms with van der Waals surface area (Å²) in [5.74, 6) is 0. The van der Waals surface area contributed by atoms with Crippen LogP contribution in [0.25, 0.3) is 0 Å². The Bertz CT molecular complexity index is 653. The minimum Gasteiger partial charge on any atom is -0.377 e. The van der Waals surface area contributed by atoms with Crippen molar-refractivity contribution in [1.29, 1.82) is 0 Å². The van der Waals surface area contributed by atoms with Crippen LogP contribution in [0.5, 0.6) is 0 Å². The van der Waals surface area contributed by atoms with Gasteiger partial charge in [-0.15, -0.1) is 0 Å². The Balaban J connectivity index is 2.03. The summed E-state index contributed by atoms with van der Waals surface area (Å²) in [5, 5.41) is 3.53. The first-order chi connectivity index (χ1) is 10.9. The Labute approximate surface area is 140 Å². The van der Waals surface area contributed by atoms with Gasteiger partial charge in [-0.05, 0) is 38.1 Å². The summed E-state index contributed by atoms with van der Waals surface area (Å²) < 4.78 is 0. The summed E-state index contributed by atoms with van der Waals surface area (Å²) in [6.07, 6.45) is 6.41. The highest BCUT2D eigenvalue weighted by Gasteiger charge is 2.16. The average Bonchev–Trinajstić information content (AvgIpc) is 2.53. The molecule has 2 rings (SSSR count). The van der Waals surface area contributed by atoms with Gasteiger partial charge in [-0.2, -0.15) is 0 Å². The average molecular weight is 306 g/mol. The van der Waals surface area contributed by atoms with Crippen LogP contribution in [0.2, 0.25) is 0 Å². The maximum atomic E-state index is 4.57. The molecule has 0 saturated carbocycles. The molecule has 1 N–H and O–H groups in total. The molecule has 120 valence electrons. The Morgan fingerprint density at radius 1 is 0.783 bits per heavy atom. The van der Waals surface area contributed by atoms with E-state index < -0.39 is 0 Å². The summed E-state index contributed by atoms with van der Waals surface area (Å²) in [7, 11) is 0. The summed E-state index contributed by atoms with van der Waals surface area (Å²) in [5.41, 5.74) is 1.87. The molecule has 0 amide bonds. The lowest BCUT2D eigenvalue weighted by molar-refractivity contribution is 0.657. The molecule has 2 heteroatoms. The summed E-state index contributed by atoms with van der Waals surface area (Å²) >= 11 is 0. The molecule has 0 atom stereocenters. The Morgan fingerprint density at radius 2 is 1.35 bits per heavy atom. The van der Waals surface area contributed by atoms with Crippen LogP contribution in [-0.2, 0) is 0 Å². The molecule has 0 aliphatic carbocycles. The van der Waals surface area contributed by atoms with E-state index in [2.05, 4.69) is 62.3 Å². The zero-order chi connectivity index (χ0) is 16.8. The monoisotopic (exact) mass is 306 g/mol. The van der Waals surface area contributed by atoms with Crippen molar-refractivity contribution in [2.75, 3.05) is 5.32 Å². The molecular formula is C21H26N2. The maximum Gasteiger partial charge on any atom is 0.0626 e. The second-order valence-electron chi connectivity index (χ2n) is 6.96. The second-order valence-corrected chi connectivity index (χ2v) is 6.96. The van der Waals surface area contributed by atoms with Crippen molar-refractivity contribution >= 4 is 17.6 Å². The van der Waals surface area contributed by atoms with Crippen LogP contribution in [-0.4, -0.2) is 11.8 Å². The fourth-order valence-electron chi connectivity index (χ4n) is 2.16. The molecule has 2 aromatic rings. The number of hydrogen-bond acceptors (Lipinski definition) is 2. The summed E-state index contributed by atoms with van der Waals surface area (Å²) in [4.78, 5) is 4.57. The third kappa shape index (κ3) is 6.11. The Kier molecular flexibility index (Phi) is 5.38. The number of rotatable bonds is 6. The molecule has 0 aliphatic heterocycles. The summed E-state index contributed by atoms with van der Waals surface area (Å²) in [6, 6.07) is 20.3. The molecule has 2 aromatic carbocycles. The zero-order valence-electron chi connectivity index (χ0n) is 14.5. The number of nitrogens with zero attached hydrogens (tertiary/aromatic N) is 1. The van der Waals surface area contributed by atoms with Crippen LogP contribution in [0.4, 0.5) is 11.4 Å². The van der Waals surface area contributed by atoms with E-state index in [1.54, 1.807) is 0 Å². The molecule has 0 radical (unpaired) electrons. The standard InChI is InChI=1S/C21H26N2/c1-20(2,17-22-18-11-7-5-8-12-18)15-16-21(3,4)23-19-13-9-6-10-14-19/h5-17,23H,1-4H3. The van der Waals surface area contributed by atoms with Gasteiger partial charge in [0.1, 0.15) is 0 Å². The van der Waals surface area contributed by atoms with Gasteiger partial charge in [0.2, 0.25) is 0 Å². The lowest BCUT2D eigenvalue weighted by Crippen LogP contribution is -2.28. The molecular weight excluding hydrogens is 280 g/mol. The quantitative estimate of drug-likeness (QED) is 0.524. The number of hydrogen-bond donors (Lipinski definition) is 1. The minimum absolute atomic E-state index is 0.106. The third-order valence-electron chi connectivity index (χ3n) is 3.47. The minimum atomic E-state index is -0.126. The molecule has 0 bridgehead atoms. The zero-order valence-corrected chi connectivity index (χ0v) is 14.5. The molecule has 2 nitrogen and oxygen atoms in total. The van der Waals surface area contributed by atoms with Crippen molar-refractivity contribution in [1.82, 2.24) is 0 Å². The molecule has 0 saturated heterocycles. The maximum absolute atomic E-state index is 4.57. The van der Waals surface area contributed by atoms with E-state index in [4.69, 9.17) is 0 Å².